The Hall–Kier alpha value is -0.830. The summed E-state index contributed by atoms with van der Waals surface area (Å²) >= 11 is 7.62. The fourth-order valence-electron chi connectivity index (χ4n) is 1.52. The molecule has 1 atom stereocenters. The summed E-state index contributed by atoms with van der Waals surface area (Å²) in [4.78, 5) is 2.49. The molecule has 2 rings (SSSR count). The van der Waals surface area contributed by atoms with Gasteiger partial charge in [0.2, 0.25) is 0 Å². The molecule has 3 heteroatoms. The normalized spacial score (nSPS) is 12.7. The maximum atomic E-state index is 6.00. The number of hydrogen-bond acceptors (Lipinski definition) is 2. The molecule has 0 spiro atoms. The van der Waals surface area contributed by atoms with E-state index in [0.29, 0.717) is 0 Å². The largest absolute Gasteiger partial charge is 0.323 e. The molecule has 1 aromatic carbocycles. The highest BCUT2D eigenvalue weighted by atomic mass is 35.5. The van der Waals surface area contributed by atoms with Gasteiger partial charge in [0.25, 0.3) is 0 Å². The van der Waals surface area contributed by atoms with Gasteiger partial charge in [-0.3, -0.25) is 0 Å². The zero-order valence-corrected chi connectivity index (χ0v) is 10.7. The van der Waals surface area contributed by atoms with Crippen molar-refractivity contribution in [1.29, 1.82) is 0 Å². The summed E-state index contributed by atoms with van der Waals surface area (Å²) in [5.74, 6) is 0. The molecule has 1 unspecified atom stereocenters. The Labute approximate surface area is 105 Å². The van der Waals surface area contributed by atoms with Crippen LogP contribution in [0, 0.1) is 0 Å². The van der Waals surface area contributed by atoms with Gasteiger partial charge in [-0.05, 0) is 36.2 Å². The van der Waals surface area contributed by atoms with E-state index in [2.05, 4.69) is 19.1 Å². The lowest BCUT2D eigenvalue weighted by Gasteiger charge is -2.04. The van der Waals surface area contributed by atoms with E-state index < -0.39 is 0 Å². The van der Waals surface area contributed by atoms with Crippen LogP contribution in [0.15, 0.2) is 36.4 Å². The minimum absolute atomic E-state index is 0.158. The lowest BCUT2D eigenvalue weighted by Crippen LogP contribution is -2.05. The maximum absolute atomic E-state index is 6.00. The highest BCUT2D eigenvalue weighted by Crippen LogP contribution is 2.32. The average Bonchev–Trinajstić information content (AvgIpc) is 2.78. The second-order valence-electron chi connectivity index (χ2n) is 3.72. The molecule has 0 saturated carbocycles. The molecule has 84 valence electrons. The molecule has 0 fully saturated rings. The zero-order valence-electron chi connectivity index (χ0n) is 9.11. The molecule has 0 amide bonds. The third-order valence-electron chi connectivity index (χ3n) is 2.56. The first kappa shape index (κ1) is 11.6. The summed E-state index contributed by atoms with van der Waals surface area (Å²) in [6, 6.07) is 12.3. The summed E-state index contributed by atoms with van der Waals surface area (Å²) in [5.41, 5.74) is 7.20. The summed E-state index contributed by atoms with van der Waals surface area (Å²) in [7, 11) is 0. The minimum atomic E-state index is 0.158. The van der Waals surface area contributed by atoms with Gasteiger partial charge < -0.3 is 5.73 Å². The smallest absolute Gasteiger partial charge is 0.0406 e. The Balaban J connectivity index is 2.28. The Bertz CT molecular complexity index is 461. The second kappa shape index (κ2) is 5.00. The molecule has 16 heavy (non-hydrogen) atoms. The third-order valence-corrected chi connectivity index (χ3v) is 4.08. The van der Waals surface area contributed by atoms with E-state index >= 15 is 0 Å². The fourth-order valence-corrected chi connectivity index (χ4v) is 2.75. The van der Waals surface area contributed by atoms with Crippen LogP contribution in [0.3, 0.4) is 0 Å². The van der Waals surface area contributed by atoms with E-state index in [0.717, 1.165) is 11.4 Å². The Morgan fingerprint density at radius 1 is 1.19 bits per heavy atom. The molecule has 1 aromatic heterocycles. The van der Waals surface area contributed by atoms with Crippen LogP contribution < -0.4 is 5.73 Å². The van der Waals surface area contributed by atoms with Crippen LogP contribution in [0.4, 0.5) is 0 Å². The fraction of sp³-hybridized carbons (Fsp3) is 0.231. The van der Waals surface area contributed by atoms with E-state index in [4.69, 9.17) is 17.3 Å². The van der Waals surface area contributed by atoms with Gasteiger partial charge in [-0.25, -0.2) is 0 Å². The predicted molar refractivity (Wildman–Crippen MR) is 72.0 cm³/mol. The minimum Gasteiger partial charge on any atom is -0.323 e. The van der Waals surface area contributed by atoms with Crippen molar-refractivity contribution in [3.8, 4) is 10.4 Å². The van der Waals surface area contributed by atoms with Gasteiger partial charge in [-0.1, -0.05) is 30.7 Å². The summed E-state index contributed by atoms with van der Waals surface area (Å²) in [5, 5.41) is 0.769. The number of nitrogens with two attached hydrogens (primary N) is 1. The van der Waals surface area contributed by atoms with Crippen LogP contribution in [0.5, 0.6) is 0 Å². The van der Waals surface area contributed by atoms with Gasteiger partial charge in [0.1, 0.15) is 0 Å². The number of rotatable bonds is 3. The van der Waals surface area contributed by atoms with E-state index in [-0.39, 0.29) is 6.04 Å². The van der Waals surface area contributed by atoms with E-state index in [1.54, 1.807) is 11.3 Å². The van der Waals surface area contributed by atoms with Gasteiger partial charge >= 0.3 is 0 Å². The van der Waals surface area contributed by atoms with Crippen molar-refractivity contribution in [3.63, 3.8) is 0 Å². The van der Waals surface area contributed by atoms with Crippen LogP contribution in [0.1, 0.15) is 24.3 Å². The van der Waals surface area contributed by atoms with Crippen molar-refractivity contribution in [1.82, 2.24) is 0 Å². The highest BCUT2D eigenvalue weighted by Gasteiger charge is 2.07. The van der Waals surface area contributed by atoms with Crippen molar-refractivity contribution in [2.24, 2.45) is 5.73 Å². The molecule has 0 saturated heterocycles. The topological polar surface area (TPSA) is 26.0 Å². The standard InChI is InChI=1S/C13H14ClNS/c1-2-11(15)13-8-7-12(16-13)9-3-5-10(14)6-4-9/h3-8,11H,2,15H2,1H3. The number of benzene rings is 1. The molecule has 0 radical (unpaired) electrons. The van der Waals surface area contributed by atoms with E-state index in [9.17, 15) is 0 Å². The first-order valence-electron chi connectivity index (χ1n) is 5.32. The van der Waals surface area contributed by atoms with Crippen molar-refractivity contribution in [2.75, 3.05) is 0 Å². The molecule has 0 aliphatic heterocycles. The second-order valence-corrected chi connectivity index (χ2v) is 5.28. The first-order chi connectivity index (χ1) is 7.70. The highest BCUT2D eigenvalue weighted by molar-refractivity contribution is 7.15. The van der Waals surface area contributed by atoms with Gasteiger partial charge in [0.05, 0.1) is 0 Å². The van der Waals surface area contributed by atoms with Crippen molar-refractivity contribution >= 4 is 22.9 Å². The molecular formula is C13H14ClNS. The van der Waals surface area contributed by atoms with Gasteiger partial charge in [0, 0.05) is 20.8 Å². The van der Waals surface area contributed by atoms with Crippen LogP contribution in [-0.4, -0.2) is 0 Å². The predicted octanol–water partition coefficient (Wildman–Crippen LogP) is 4.48. The third kappa shape index (κ3) is 2.46. The lowest BCUT2D eigenvalue weighted by atomic mass is 10.2. The molecule has 2 aromatic rings. The molecular weight excluding hydrogens is 238 g/mol. The molecule has 1 nitrogen and oxygen atoms in total. The van der Waals surface area contributed by atoms with E-state index in [1.165, 1.54) is 15.3 Å². The number of halogens is 1. The molecule has 2 N–H and O–H groups in total. The van der Waals surface area contributed by atoms with Gasteiger partial charge in [-0.15, -0.1) is 11.3 Å². The van der Waals surface area contributed by atoms with Crippen LogP contribution in [0.25, 0.3) is 10.4 Å². The van der Waals surface area contributed by atoms with Crippen molar-refractivity contribution < 1.29 is 0 Å². The summed E-state index contributed by atoms with van der Waals surface area (Å²) in [6.45, 7) is 2.10. The van der Waals surface area contributed by atoms with Crippen LogP contribution in [-0.2, 0) is 0 Å². The summed E-state index contributed by atoms with van der Waals surface area (Å²) in [6.07, 6.45) is 0.973. The SMILES string of the molecule is CCC(N)c1ccc(-c2ccc(Cl)cc2)s1. The van der Waals surface area contributed by atoms with Gasteiger partial charge in [0.15, 0.2) is 0 Å². The zero-order chi connectivity index (χ0) is 11.5. The van der Waals surface area contributed by atoms with E-state index in [1.807, 2.05) is 24.3 Å². The van der Waals surface area contributed by atoms with Crippen molar-refractivity contribution in [3.05, 3.63) is 46.3 Å². The molecule has 0 bridgehead atoms. The molecule has 1 heterocycles. The van der Waals surface area contributed by atoms with Crippen LogP contribution >= 0.6 is 22.9 Å². The Morgan fingerprint density at radius 3 is 2.50 bits per heavy atom. The number of hydrogen-bond donors (Lipinski definition) is 1. The average molecular weight is 252 g/mol. The number of thiophene rings is 1. The lowest BCUT2D eigenvalue weighted by molar-refractivity contribution is 0.712. The Morgan fingerprint density at radius 2 is 1.88 bits per heavy atom. The summed E-state index contributed by atoms with van der Waals surface area (Å²) < 4.78 is 0. The van der Waals surface area contributed by atoms with Crippen molar-refractivity contribution in [2.45, 2.75) is 19.4 Å². The van der Waals surface area contributed by atoms with Gasteiger partial charge in [-0.2, -0.15) is 0 Å². The van der Waals surface area contributed by atoms with Crippen LogP contribution in [0.2, 0.25) is 5.02 Å². The quantitative estimate of drug-likeness (QED) is 0.855. The Kier molecular flexibility index (Phi) is 3.64. The maximum Gasteiger partial charge on any atom is 0.0406 e. The molecule has 0 aliphatic carbocycles. The molecule has 0 aliphatic rings. The first-order valence-corrected chi connectivity index (χ1v) is 6.51. The monoisotopic (exact) mass is 251 g/mol.